The number of benzene rings is 1. The molecule has 2 rings (SSSR count). The molecule has 0 bridgehead atoms. The average Bonchev–Trinajstić information content (AvgIpc) is 2.51. The summed E-state index contributed by atoms with van der Waals surface area (Å²) in [4.78, 5) is 12.3. The number of rotatable bonds is 7. The van der Waals surface area contributed by atoms with Crippen molar-refractivity contribution in [3.05, 3.63) is 35.9 Å². The van der Waals surface area contributed by atoms with E-state index in [1.165, 1.54) is 0 Å². The minimum atomic E-state index is -0.808. The Morgan fingerprint density at radius 2 is 1.81 bits per heavy atom. The Hall–Kier alpha value is -1.39. The van der Waals surface area contributed by atoms with Crippen LogP contribution < -0.4 is 0 Å². The summed E-state index contributed by atoms with van der Waals surface area (Å²) >= 11 is 0. The largest absolute Gasteiger partial charge is 0.460 e. The molecule has 1 aliphatic carbocycles. The predicted octanol–water partition coefficient (Wildman–Crippen LogP) is 3.16. The van der Waals surface area contributed by atoms with E-state index in [1.807, 2.05) is 51.1 Å². The lowest BCUT2D eigenvalue weighted by molar-refractivity contribution is -0.333. The van der Waals surface area contributed by atoms with Crippen LogP contribution in [0.25, 0.3) is 0 Å². The molecule has 0 unspecified atom stereocenters. The van der Waals surface area contributed by atoms with Crippen molar-refractivity contribution < 1.29 is 19.0 Å². The minimum absolute atomic E-state index is 0.201. The highest BCUT2D eigenvalue weighted by atomic mass is 16.7. The Bertz CT molecular complexity index is 451. The van der Waals surface area contributed by atoms with E-state index in [4.69, 9.17) is 14.2 Å². The first kappa shape index (κ1) is 16.0. The molecule has 1 saturated carbocycles. The van der Waals surface area contributed by atoms with Crippen molar-refractivity contribution in [2.45, 2.75) is 39.6 Å². The van der Waals surface area contributed by atoms with E-state index in [-0.39, 0.29) is 17.8 Å². The third kappa shape index (κ3) is 3.27. The quantitative estimate of drug-likeness (QED) is 0.572. The zero-order valence-corrected chi connectivity index (χ0v) is 13.0. The molecule has 0 radical (unpaired) electrons. The lowest BCUT2D eigenvalue weighted by Crippen LogP contribution is -2.61. The Labute approximate surface area is 126 Å². The third-order valence-corrected chi connectivity index (χ3v) is 4.01. The van der Waals surface area contributed by atoms with Crippen LogP contribution in [0.15, 0.2) is 30.3 Å². The van der Waals surface area contributed by atoms with Crippen molar-refractivity contribution >= 4 is 5.97 Å². The van der Waals surface area contributed by atoms with E-state index in [0.717, 1.165) is 12.0 Å². The van der Waals surface area contributed by atoms with Gasteiger partial charge in [0.1, 0.15) is 12.5 Å². The second kappa shape index (κ2) is 7.05. The van der Waals surface area contributed by atoms with Gasteiger partial charge in [-0.3, -0.25) is 4.79 Å². The fraction of sp³-hybridized carbons (Fsp3) is 0.588. The summed E-state index contributed by atoms with van der Waals surface area (Å²) in [6.45, 7) is 7.21. The van der Waals surface area contributed by atoms with Crippen molar-refractivity contribution in [3.63, 3.8) is 0 Å². The lowest BCUT2D eigenvalue weighted by atomic mass is 9.69. The molecule has 21 heavy (non-hydrogen) atoms. The van der Waals surface area contributed by atoms with Crippen LogP contribution in [0.1, 0.15) is 32.8 Å². The number of hydrogen-bond donors (Lipinski definition) is 0. The molecule has 0 saturated heterocycles. The van der Waals surface area contributed by atoms with E-state index in [1.54, 1.807) is 0 Å². The topological polar surface area (TPSA) is 44.8 Å². The molecule has 0 amide bonds. The molecule has 116 valence electrons. The number of ether oxygens (including phenoxy) is 3. The Morgan fingerprint density at radius 1 is 1.19 bits per heavy atom. The molecule has 1 aromatic carbocycles. The van der Waals surface area contributed by atoms with Gasteiger partial charge in [-0.05, 0) is 25.8 Å². The van der Waals surface area contributed by atoms with E-state index < -0.39 is 5.79 Å². The molecular weight excluding hydrogens is 268 g/mol. The molecule has 0 N–H and O–H groups in total. The SMILES string of the molecule is CCOC1(OCC)[C@H](C)C[C@H]1C(=O)OCc1ccccc1. The van der Waals surface area contributed by atoms with Crippen molar-refractivity contribution in [3.8, 4) is 0 Å². The first-order chi connectivity index (χ1) is 10.1. The van der Waals surface area contributed by atoms with Gasteiger partial charge in [0.2, 0.25) is 0 Å². The summed E-state index contributed by atoms with van der Waals surface area (Å²) in [5.41, 5.74) is 0.983. The maximum Gasteiger partial charge on any atom is 0.314 e. The molecule has 0 heterocycles. The summed E-state index contributed by atoms with van der Waals surface area (Å²) < 4.78 is 17.0. The molecule has 0 spiro atoms. The lowest BCUT2D eigenvalue weighted by Gasteiger charge is -2.51. The highest BCUT2D eigenvalue weighted by Crippen LogP contribution is 2.48. The van der Waals surface area contributed by atoms with Crippen molar-refractivity contribution in [1.82, 2.24) is 0 Å². The standard InChI is InChI=1S/C17H24O4/c1-4-20-17(21-5-2)13(3)11-15(17)16(18)19-12-14-9-7-6-8-10-14/h6-10,13,15H,4-5,11-12H2,1-3H3/t13-,15+/m1/s1. The minimum Gasteiger partial charge on any atom is -0.460 e. The van der Waals surface area contributed by atoms with Gasteiger partial charge in [-0.25, -0.2) is 0 Å². The molecule has 1 aromatic rings. The smallest absolute Gasteiger partial charge is 0.314 e. The van der Waals surface area contributed by atoms with Gasteiger partial charge in [0.15, 0.2) is 5.79 Å². The van der Waals surface area contributed by atoms with Crippen LogP contribution in [0.4, 0.5) is 0 Å². The summed E-state index contributed by atoms with van der Waals surface area (Å²) in [6.07, 6.45) is 0.744. The van der Waals surface area contributed by atoms with Gasteiger partial charge in [0.25, 0.3) is 0 Å². The maximum absolute atomic E-state index is 12.3. The van der Waals surface area contributed by atoms with Crippen LogP contribution in [-0.4, -0.2) is 25.0 Å². The number of carbonyl (C=O) groups is 1. The molecular formula is C17H24O4. The van der Waals surface area contributed by atoms with Gasteiger partial charge in [-0.15, -0.1) is 0 Å². The van der Waals surface area contributed by atoms with Crippen molar-refractivity contribution in [1.29, 1.82) is 0 Å². The van der Waals surface area contributed by atoms with Gasteiger partial charge in [0.05, 0.1) is 0 Å². The molecule has 1 aliphatic rings. The molecule has 0 aromatic heterocycles. The Balaban J connectivity index is 1.98. The predicted molar refractivity (Wildman–Crippen MR) is 79.5 cm³/mol. The normalized spacial score (nSPS) is 23.4. The summed E-state index contributed by atoms with van der Waals surface area (Å²) in [5, 5.41) is 0. The fourth-order valence-corrected chi connectivity index (χ4v) is 2.93. The van der Waals surface area contributed by atoms with Crippen LogP contribution in [0.2, 0.25) is 0 Å². The monoisotopic (exact) mass is 292 g/mol. The van der Waals surface area contributed by atoms with Gasteiger partial charge < -0.3 is 14.2 Å². The van der Waals surface area contributed by atoms with Gasteiger partial charge >= 0.3 is 5.97 Å². The fourth-order valence-electron chi connectivity index (χ4n) is 2.93. The van der Waals surface area contributed by atoms with Gasteiger partial charge in [0, 0.05) is 19.1 Å². The zero-order chi connectivity index (χ0) is 15.3. The summed E-state index contributed by atoms with van der Waals surface area (Å²) in [7, 11) is 0. The molecule has 4 heteroatoms. The van der Waals surface area contributed by atoms with Gasteiger partial charge in [-0.2, -0.15) is 0 Å². The van der Waals surface area contributed by atoms with Crippen LogP contribution >= 0.6 is 0 Å². The summed E-state index contributed by atoms with van der Waals surface area (Å²) in [5.74, 6) is -1.18. The van der Waals surface area contributed by atoms with Crippen molar-refractivity contribution in [2.75, 3.05) is 13.2 Å². The molecule has 0 aliphatic heterocycles. The van der Waals surface area contributed by atoms with Crippen LogP contribution in [-0.2, 0) is 25.6 Å². The number of esters is 1. The highest BCUT2D eigenvalue weighted by molar-refractivity contribution is 5.75. The van der Waals surface area contributed by atoms with Gasteiger partial charge in [-0.1, -0.05) is 37.3 Å². The maximum atomic E-state index is 12.3. The Kier molecular flexibility index (Phi) is 5.37. The first-order valence-electron chi connectivity index (χ1n) is 7.62. The molecule has 4 nitrogen and oxygen atoms in total. The number of hydrogen-bond acceptors (Lipinski definition) is 4. The highest BCUT2D eigenvalue weighted by Gasteiger charge is 2.59. The van der Waals surface area contributed by atoms with E-state index in [0.29, 0.717) is 19.8 Å². The Morgan fingerprint density at radius 3 is 2.33 bits per heavy atom. The van der Waals surface area contributed by atoms with Crippen LogP contribution in [0, 0.1) is 11.8 Å². The van der Waals surface area contributed by atoms with Crippen LogP contribution in [0.3, 0.4) is 0 Å². The summed E-state index contributed by atoms with van der Waals surface area (Å²) in [6, 6.07) is 9.68. The third-order valence-electron chi connectivity index (χ3n) is 4.01. The van der Waals surface area contributed by atoms with E-state index >= 15 is 0 Å². The number of carbonyl (C=O) groups excluding carboxylic acids is 1. The van der Waals surface area contributed by atoms with E-state index in [9.17, 15) is 4.79 Å². The van der Waals surface area contributed by atoms with E-state index in [2.05, 4.69) is 0 Å². The second-order valence-corrected chi connectivity index (χ2v) is 5.37. The molecule has 1 fully saturated rings. The first-order valence-corrected chi connectivity index (χ1v) is 7.62. The van der Waals surface area contributed by atoms with Crippen molar-refractivity contribution in [2.24, 2.45) is 11.8 Å². The molecule has 2 atom stereocenters. The second-order valence-electron chi connectivity index (χ2n) is 5.37. The zero-order valence-electron chi connectivity index (χ0n) is 13.0. The van der Waals surface area contributed by atoms with Crippen LogP contribution in [0.5, 0.6) is 0 Å². The average molecular weight is 292 g/mol.